The third-order valence-corrected chi connectivity index (χ3v) is 6.69. The number of imidazole rings is 1. The summed E-state index contributed by atoms with van der Waals surface area (Å²) < 4.78 is 27.7. The van der Waals surface area contributed by atoms with Crippen molar-refractivity contribution in [2.75, 3.05) is 26.7 Å². The molecule has 1 aliphatic rings. The van der Waals surface area contributed by atoms with E-state index >= 15 is 0 Å². The quantitative estimate of drug-likeness (QED) is 0.756. The fourth-order valence-corrected chi connectivity index (χ4v) is 4.96. The molecule has 1 unspecified atom stereocenters. The maximum absolute atomic E-state index is 13.1. The minimum absolute atomic E-state index is 0.0457. The first-order valence-electron chi connectivity index (χ1n) is 8.54. The summed E-state index contributed by atoms with van der Waals surface area (Å²) in [6.07, 6.45) is 5.15. The van der Waals surface area contributed by atoms with Gasteiger partial charge in [0.2, 0.25) is 10.0 Å². The van der Waals surface area contributed by atoms with Crippen molar-refractivity contribution in [3.05, 3.63) is 60.3 Å². The molecule has 0 radical (unpaired) electrons. The normalized spacial score (nSPS) is 19.8. The van der Waals surface area contributed by atoms with Gasteiger partial charge in [0.1, 0.15) is 5.82 Å². The molecule has 1 atom stereocenters. The van der Waals surface area contributed by atoms with E-state index in [1.165, 1.54) is 0 Å². The predicted molar refractivity (Wildman–Crippen MR) is 99.9 cm³/mol. The summed E-state index contributed by atoms with van der Waals surface area (Å²) in [6.45, 7) is 1.54. The van der Waals surface area contributed by atoms with Crippen molar-refractivity contribution >= 4 is 20.9 Å². The molecule has 26 heavy (non-hydrogen) atoms. The minimum Gasteiger partial charge on any atom is -0.347 e. The molecule has 3 aromatic rings. The van der Waals surface area contributed by atoms with Crippen LogP contribution in [0.25, 0.3) is 10.9 Å². The SMILES string of the molecule is CN1CCN(S(=O)(=O)Cc2cccc3cccnc23)CC1c1ncc[nH]1. The van der Waals surface area contributed by atoms with Gasteiger partial charge in [0.25, 0.3) is 0 Å². The van der Waals surface area contributed by atoms with E-state index in [9.17, 15) is 8.42 Å². The Morgan fingerprint density at radius 2 is 2.00 bits per heavy atom. The molecule has 1 aliphatic heterocycles. The van der Waals surface area contributed by atoms with Crippen LogP contribution < -0.4 is 0 Å². The number of hydrogen-bond donors (Lipinski definition) is 1. The van der Waals surface area contributed by atoms with Crippen LogP contribution in [0.4, 0.5) is 0 Å². The third-order valence-electron chi connectivity index (χ3n) is 4.89. The monoisotopic (exact) mass is 371 g/mol. The third kappa shape index (κ3) is 3.23. The van der Waals surface area contributed by atoms with E-state index < -0.39 is 10.0 Å². The summed E-state index contributed by atoms with van der Waals surface area (Å²) in [5, 5.41) is 0.951. The number of sulfonamides is 1. The van der Waals surface area contributed by atoms with Crippen molar-refractivity contribution < 1.29 is 8.42 Å². The number of rotatable bonds is 4. The Balaban J connectivity index is 1.60. The zero-order valence-corrected chi connectivity index (χ0v) is 15.4. The van der Waals surface area contributed by atoms with Crippen LogP contribution in [-0.4, -0.2) is 59.3 Å². The van der Waals surface area contributed by atoms with Gasteiger partial charge in [-0.05, 0) is 18.7 Å². The molecule has 1 N–H and O–H groups in total. The Morgan fingerprint density at radius 3 is 2.81 bits per heavy atom. The number of aromatic nitrogens is 3. The van der Waals surface area contributed by atoms with Crippen LogP contribution in [0.3, 0.4) is 0 Å². The number of fused-ring (bicyclic) bond motifs is 1. The van der Waals surface area contributed by atoms with E-state index in [2.05, 4.69) is 19.9 Å². The van der Waals surface area contributed by atoms with E-state index in [0.29, 0.717) is 19.6 Å². The number of aromatic amines is 1. The molecule has 7 nitrogen and oxygen atoms in total. The first-order chi connectivity index (χ1) is 12.5. The highest BCUT2D eigenvalue weighted by Gasteiger charge is 2.33. The topological polar surface area (TPSA) is 82.2 Å². The zero-order chi connectivity index (χ0) is 18.1. The van der Waals surface area contributed by atoms with Gasteiger partial charge in [0.15, 0.2) is 0 Å². The van der Waals surface area contributed by atoms with Crippen molar-refractivity contribution in [1.29, 1.82) is 0 Å². The van der Waals surface area contributed by atoms with Crippen LogP contribution in [0.15, 0.2) is 48.9 Å². The lowest BCUT2D eigenvalue weighted by Crippen LogP contribution is -2.49. The highest BCUT2D eigenvalue weighted by Crippen LogP contribution is 2.25. The van der Waals surface area contributed by atoms with Crippen molar-refractivity contribution in [2.24, 2.45) is 0 Å². The summed E-state index contributed by atoms with van der Waals surface area (Å²) in [7, 11) is -1.46. The first kappa shape index (κ1) is 17.1. The smallest absolute Gasteiger partial charge is 0.218 e. The molecule has 0 aliphatic carbocycles. The van der Waals surface area contributed by atoms with Crippen molar-refractivity contribution in [2.45, 2.75) is 11.8 Å². The lowest BCUT2D eigenvalue weighted by Gasteiger charge is -2.37. The van der Waals surface area contributed by atoms with Gasteiger partial charge in [0, 0.05) is 43.6 Å². The first-order valence-corrected chi connectivity index (χ1v) is 10.2. The van der Waals surface area contributed by atoms with Gasteiger partial charge in [-0.3, -0.25) is 9.88 Å². The maximum Gasteiger partial charge on any atom is 0.218 e. The van der Waals surface area contributed by atoms with Crippen LogP contribution in [-0.2, 0) is 15.8 Å². The number of para-hydroxylation sites is 1. The van der Waals surface area contributed by atoms with Gasteiger partial charge in [-0.15, -0.1) is 0 Å². The summed E-state index contributed by atoms with van der Waals surface area (Å²) >= 11 is 0. The largest absolute Gasteiger partial charge is 0.347 e. The van der Waals surface area contributed by atoms with E-state index in [4.69, 9.17) is 0 Å². The van der Waals surface area contributed by atoms with Crippen molar-refractivity contribution in [3.63, 3.8) is 0 Å². The standard InChI is InChI=1S/C18H21N5O2S/c1-22-10-11-23(12-16(22)18-20-8-9-21-18)26(24,25)13-15-5-2-4-14-6-3-7-19-17(14)15/h2-9,16H,10-13H2,1H3,(H,20,21). The molecule has 2 aromatic heterocycles. The van der Waals surface area contributed by atoms with E-state index in [1.54, 1.807) is 22.9 Å². The van der Waals surface area contributed by atoms with Gasteiger partial charge in [-0.2, -0.15) is 4.31 Å². The summed E-state index contributed by atoms with van der Waals surface area (Å²) in [6, 6.07) is 9.40. The molecule has 0 amide bonds. The average molecular weight is 371 g/mol. The molecule has 1 saturated heterocycles. The van der Waals surface area contributed by atoms with Crippen LogP contribution >= 0.6 is 0 Å². The highest BCUT2D eigenvalue weighted by molar-refractivity contribution is 7.88. The van der Waals surface area contributed by atoms with Crippen LogP contribution in [0.1, 0.15) is 17.4 Å². The van der Waals surface area contributed by atoms with Gasteiger partial charge in [0.05, 0.1) is 17.3 Å². The molecular weight excluding hydrogens is 350 g/mol. The maximum atomic E-state index is 13.1. The van der Waals surface area contributed by atoms with Gasteiger partial charge < -0.3 is 4.98 Å². The predicted octanol–water partition coefficient (Wildman–Crippen LogP) is 1.78. The van der Waals surface area contributed by atoms with E-state index in [-0.39, 0.29) is 11.8 Å². The lowest BCUT2D eigenvalue weighted by atomic mass is 10.1. The average Bonchev–Trinajstić information content (AvgIpc) is 3.16. The molecule has 8 heteroatoms. The Kier molecular flexibility index (Phi) is 4.47. The van der Waals surface area contributed by atoms with Crippen molar-refractivity contribution in [3.8, 4) is 0 Å². The molecular formula is C18H21N5O2S. The highest BCUT2D eigenvalue weighted by atomic mass is 32.2. The fourth-order valence-electron chi connectivity index (χ4n) is 3.43. The lowest BCUT2D eigenvalue weighted by molar-refractivity contribution is 0.142. The second-order valence-corrected chi connectivity index (χ2v) is 8.55. The molecule has 1 fully saturated rings. The van der Waals surface area contributed by atoms with E-state index in [0.717, 1.165) is 22.3 Å². The Labute approximate surface area is 152 Å². The molecule has 3 heterocycles. The number of nitrogens with zero attached hydrogens (tertiary/aromatic N) is 4. The number of hydrogen-bond acceptors (Lipinski definition) is 5. The summed E-state index contributed by atoms with van der Waals surface area (Å²) in [5.74, 6) is 0.745. The zero-order valence-electron chi connectivity index (χ0n) is 14.5. The Bertz CT molecular complexity index is 998. The van der Waals surface area contributed by atoms with Crippen LogP contribution in [0.5, 0.6) is 0 Å². The number of benzene rings is 1. The number of pyridine rings is 1. The number of H-pyrrole nitrogens is 1. The molecule has 0 spiro atoms. The van der Waals surface area contributed by atoms with Gasteiger partial charge in [-0.1, -0.05) is 24.3 Å². The summed E-state index contributed by atoms with van der Waals surface area (Å²) in [4.78, 5) is 13.9. The minimum atomic E-state index is -3.45. The number of likely N-dealkylation sites (N-methyl/N-ethyl adjacent to an activating group) is 1. The van der Waals surface area contributed by atoms with Crippen LogP contribution in [0, 0.1) is 0 Å². The molecule has 0 bridgehead atoms. The fraction of sp³-hybridized carbons (Fsp3) is 0.333. The molecule has 136 valence electrons. The second-order valence-electron chi connectivity index (χ2n) is 6.58. The Hall–Kier alpha value is -2.29. The number of nitrogens with one attached hydrogen (secondary N) is 1. The molecule has 1 aromatic carbocycles. The number of piperazine rings is 1. The summed E-state index contributed by atoms with van der Waals surface area (Å²) in [5.41, 5.74) is 1.48. The van der Waals surface area contributed by atoms with Gasteiger partial charge in [-0.25, -0.2) is 13.4 Å². The van der Waals surface area contributed by atoms with Gasteiger partial charge >= 0.3 is 0 Å². The van der Waals surface area contributed by atoms with Crippen LogP contribution in [0.2, 0.25) is 0 Å². The second kappa shape index (κ2) is 6.79. The molecule has 4 rings (SSSR count). The van der Waals surface area contributed by atoms with E-state index in [1.807, 2.05) is 37.4 Å². The van der Waals surface area contributed by atoms with Crippen molar-refractivity contribution in [1.82, 2.24) is 24.2 Å². The molecule has 0 saturated carbocycles. The Morgan fingerprint density at radius 1 is 1.15 bits per heavy atom.